The summed E-state index contributed by atoms with van der Waals surface area (Å²) >= 11 is 3.66. The predicted molar refractivity (Wildman–Crippen MR) is 66.1 cm³/mol. The first-order valence-electron chi connectivity index (χ1n) is 5.81. The zero-order valence-electron chi connectivity index (χ0n) is 8.88. The molecule has 0 radical (unpaired) electrons. The van der Waals surface area contributed by atoms with Crippen molar-refractivity contribution in [3.05, 3.63) is 33.8 Å². The summed E-state index contributed by atoms with van der Waals surface area (Å²) in [7, 11) is 0. The van der Waals surface area contributed by atoms with Gasteiger partial charge in [0.15, 0.2) is 0 Å². The molecule has 0 aromatic heterocycles. The Morgan fingerprint density at radius 1 is 1.27 bits per heavy atom. The summed E-state index contributed by atoms with van der Waals surface area (Å²) in [5.74, 6) is 0.860. The van der Waals surface area contributed by atoms with Crippen molar-refractivity contribution in [1.82, 2.24) is 4.90 Å². The molecule has 1 aliphatic heterocycles. The van der Waals surface area contributed by atoms with Crippen LogP contribution in [0.3, 0.4) is 0 Å². The lowest BCUT2D eigenvalue weighted by Gasteiger charge is -2.32. The maximum atomic E-state index is 3.66. The number of benzene rings is 1. The molecule has 2 aliphatic rings. The molecule has 0 bridgehead atoms. The smallest absolute Gasteiger partial charge is 0.0210 e. The van der Waals surface area contributed by atoms with Gasteiger partial charge < -0.3 is 4.90 Å². The van der Waals surface area contributed by atoms with Gasteiger partial charge in [0.05, 0.1) is 0 Å². The fraction of sp³-hybridized carbons (Fsp3) is 0.538. The van der Waals surface area contributed by atoms with E-state index in [2.05, 4.69) is 39.0 Å². The Morgan fingerprint density at radius 2 is 2.13 bits per heavy atom. The van der Waals surface area contributed by atoms with Gasteiger partial charge in [0.2, 0.25) is 0 Å². The van der Waals surface area contributed by atoms with Crippen molar-refractivity contribution in [2.45, 2.75) is 19.3 Å². The highest BCUT2D eigenvalue weighted by Crippen LogP contribution is 2.33. The van der Waals surface area contributed by atoms with Crippen molar-refractivity contribution in [3.8, 4) is 0 Å². The van der Waals surface area contributed by atoms with E-state index >= 15 is 0 Å². The molecular weight excluding hydrogens is 250 g/mol. The quantitative estimate of drug-likeness (QED) is 0.795. The Labute approximate surface area is 99.6 Å². The molecule has 0 N–H and O–H groups in total. The number of rotatable bonds is 2. The highest BCUT2D eigenvalue weighted by atomic mass is 79.9. The summed E-state index contributed by atoms with van der Waals surface area (Å²) in [5.41, 5.74) is 3.12. The van der Waals surface area contributed by atoms with Gasteiger partial charge in [-0.3, -0.25) is 0 Å². The predicted octanol–water partition coefficient (Wildman–Crippen LogP) is 2.87. The fourth-order valence-corrected chi connectivity index (χ4v) is 3.32. The third kappa shape index (κ3) is 1.85. The number of nitrogens with zero attached hydrogens (tertiary/aromatic N) is 1. The van der Waals surface area contributed by atoms with Gasteiger partial charge in [-0.15, -0.1) is 0 Å². The molecule has 1 aliphatic carbocycles. The summed E-state index contributed by atoms with van der Waals surface area (Å²) < 4.78 is 1.31. The van der Waals surface area contributed by atoms with Crippen LogP contribution in [0.4, 0.5) is 0 Å². The normalized spacial score (nSPS) is 25.0. The highest BCUT2D eigenvalue weighted by Gasteiger charge is 2.26. The number of halogens is 1. The number of fused-ring (bicyclic) bond motifs is 1. The minimum Gasteiger partial charge on any atom is -0.303 e. The van der Waals surface area contributed by atoms with E-state index in [1.807, 2.05) is 0 Å². The molecule has 80 valence electrons. The van der Waals surface area contributed by atoms with Gasteiger partial charge in [-0.2, -0.15) is 0 Å². The van der Waals surface area contributed by atoms with Crippen LogP contribution in [0.15, 0.2) is 22.7 Å². The largest absolute Gasteiger partial charge is 0.303 e. The van der Waals surface area contributed by atoms with Crippen molar-refractivity contribution in [3.63, 3.8) is 0 Å². The molecule has 15 heavy (non-hydrogen) atoms. The van der Waals surface area contributed by atoms with Crippen molar-refractivity contribution in [2.75, 3.05) is 19.6 Å². The van der Waals surface area contributed by atoms with E-state index in [-0.39, 0.29) is 0 Å². The summed E-state index contributed by atoms with van der Waals surface area (Å²) in [6.07, 6.45) is 3.96. The third-order valence-corrected chi connectivity index (χ3v) is 4.43. The molecule has 1 aromatic carbocycles. The van der Waals surface area contributed by atoms with E-state index in [9.17, 15) is 0 Å². The Kier molecular flexibility index (Phi) is 2.57. The first kappa shape index (κ1) is 9.86. The second kappa shape index (κ2) is 3.91. The van der Waals surface area contributed by atoms with E-state index in [1.54, 1.807) is 11.1 Å². The lowest BCUT2D eigenvalue weighted by molar-refractivity contribution is 0.154. The molecule has 3 rings (SSSR count). The van der Waals surface area contributed by atoms with Crippen molar-refractivity contribution in [2.24, 2.45) is 5.92 Å². The van der Waals surface area contributed by atoms with Crippen LogP contribution < -0.4 is 0 Å². The van der Waals surface area contributed by atoms with Gasteiger partial charge in [0.25, 0.3) is 0 Å². The van der Waals surface area contributed by atoms with Gasteiger partial charge in [0.1, 0.15) is 0 Å². The maximum absolute atomic E-state index is 3.66. The van der Waals surface area contributed by atoms with Crippen LogP contribution in [-0.4, -0.2) is 24.5 Å². The van der Waals surface area contributed by atoms with E-state index < -0.39 is 0 Å². The number of likely N-dealkylation sites (tertiary alicyclic amines) is 1. The van der Waals surface area contributed by atoms with E-state index in [0.29, 0.717) is 0 Å². The van der Waals surface area contributed by atoms with Crippen LogP contribution >= 0.6 is 15.9 Å². The minimum absolute atomic E-state index is 0.860. The second-order valence-corrected chi connectivity index (χ2v) is 5.66. The van der Waals surface area contributed by atoms with Crippen molar-refractivity contribution in [1.29, 1.82) is 0 Å². The average molecular weight is 266 g/mol. The zero-order chi connectivity index (χ0) is 10.3. The fourth-order valence-electron chi connectivity index (χ4n) is 2.75. The van der Waals surface area contributed by atoms with Crippen LogP contribution in [0.5, 0.6) is 0 Å². The van der Waals surface area contributed by atoms with Crippen LogP contribution in [0.2, 0.25) is 0 Å². The number of hydrogen-bond donors (Lipinski definition) is 0. The van der Waals surface area contributed by atoms with Crippen molar-refractivity contribution >= 4 is 15.9 Å². The van der Waals surface area contributed by atoms with Crippen molar-refractivity contribution < 1.29 is 0 Å². The second-order valence-electron chi connectivity index (χ2n) is 4.81. The molecule has 1 atom stereocenters. The van der Waals surface area contributed by atoms with E-state index in [0.717, 1.165) is 5.92 Å². The SMILES string of the molecule is Brc1cccc2c1CC(CN1CCC1)C2. The third-order valence-electron chi connectivity index (χ3n) is 3.68. The molecule has 0 amide bonds. The summed E-state index contributed by atoms with van der Waals surface area (Å²) in [6, 6.07) is 6.62. The number of hydrogen-bond acceptors (Lipinski definition) is 1. The lowest BCUT2D eigenvalue weighted by atomic mass is 10.0. The molecule has 1 unspecified atom stereocenters. The van der Waals surface area contributed by atoms with Crippen LogP contribution in [0.25, 0.3) is 0 Å². The Hall–Kier alpha value is -0.340. The molecule has 1 aromatic rings. The first-order chi connectivity index (χ1) is 7.33. The molecule has 1 heterocycles. The Balaban J connectivity index is 1.71. The zero-order valence-corrected chi connectivity index (χ0v) is 10.5. The van der Waals surface area contributed by atoms with Crippen LogP contribution in [0, 0.1) is 5.92 Å². The Bertz CT molecular complexity index is 371. The van der Waals surface area contributed by atoms with Gasteiger partial charge in [-0.1, -0.05) is 28.1 Å². The standard InChI is InChI=1S/C13H16BrN/c14-13-4-1-3-11-7-10(8-12(11)13)9-15-5-2-6-15/h1,3-4,10H,2,5-9H2. The molecule has 0 spiro atoms. The molecule has 1 nitrogen and oxygen atoms in total. The van der Waals surface area contributed by atoms with E-state index in [4.69, 9.17) is 0 Å². The van der Waals surface area contributed by atoms with Crippen LogP contribution in [-0.2, 0) is 12.8 Å². The monoisotopic (exact) mass is 265 g/mol. The van der Waals surface area contributed by atoms with Gasteiger partial charge in [0, 0.05) is 11.0 Å². The summed E-state index contributed by atoms with van der Waals surface area (Å²) in [5, 5.41) is 0. The summed E-state index contributed by atoms with van der Waals surface area (Å²) in [6.45, 7) is 3.96. The van der Waals surface area contributed by atoms with Crippen LogP contribution in [0.1, 0.15) is 17.5 Å². The van der Waals surface area contributed by atoms with E-state index in [1.165, 1.54) is 43.4 Å². The molecular formula is C13H16BrN. The average Bonchev–Trinajstić information content (AvgIpc) is 2.56. The lowest BCUT2D eigenvalue weighted by Crippen LogP contribution is -2.40. The molecule has 0 saturated carbocycles. The minimum atomic E-state index is 0.860. The van der Waals surface area contributed by atoms with Gasteiger partial charge >= 0.3 is 0 Å². The highest BCUT2D eigenvalue weighted by molar-refractivity contribution is 9.10. The molecule has 2 heteroatoms. The topological polar surface area (TPSA) is 3.24 Å². The molecule has 1 fully saturated rings. The van der Waals surface area contributed by atoms with Gasteiger partial charge in [-0.25, -0.2) is 0 Å². The molecule has 1 saturated heterocycles. The summed E-state index contributed by atoms with van der Waals surface area (Å²) in [4.78, 5) is 2.59. The van der Waals surface area contributed by atoms with Gasteiger partial charge in [-0.05, 0) is 55.5 Å². The maximum Gasteiger partial charge on any atom is 0.0210 e. The Morgan fingerprint density at radius 3 is 2.80 bits per heavy atom. The first-order valence-corrected chi connectivity index (χ1v) is 6.61.